The fourth-order valence-electron chi connectivity index (χ4n) is 4.19. The van der Waals surface area contributed by atoms with Gasteiger partial charge in [0.1, 0.15) is 0 Å². The maximum absolute atomic E-state index is 13.0. The molecule has 158 valence electrons. The summed E-state index contributed by atoms with van der Waals surface area (Å²) in [5.74, 6) is 1.48. The summed E-state index contributed by atoms with van der Waals surface area (Å²) in [7, 11) is 8.02. The molecule has 0 saturated heterocycles. The second-order valence-corrected chi connectivity index (χ2v) is 9.45. The average Bonchev–Trinajstić information content (AvgIpc) is 2.78. The second kappa shape index (κ2) is 8.79. The summed E-state index contributed by atoms with van der Waals surface area (Å²) < 4.78 is 10.8. The Balaban J connectivity index is 1.55. The van der Waals surface area contributed by atoms with Crippen LogP contribution in [0.2, 0.25) is 0 Å². The highest BCUT2D eigenvalue weighted by atomic mass is 31.1. The van der Waals surface area contributed by atoms with Crippen molar-refractivity contribution in [2.75, 3.05) is 28.3 Å². The molecule has 0 radical (unpaired) electrons. The number of benzene rings is 1. The lowest BCUT2D eigenvalue weighted by Crippen LogP contribution is -2.35. The number of rotatable bonds is 5. The van der Waals surface area contributed by atoms with Crippen LogP contribution >= 0.6 is 8.58 Å². The lowest BCUT2D eigenvalue weighted by Gasteiger charge is -2.35. The van der Waals surface area contributed by atoms with E-state index < -0.39 is 0 Å². The van der Waals surface area contributed by atoms with E-state index in [2.05, 4.69) is 37.2 Å². The van der Waals surface area contributed by atoms with Crippen LogP contribution in [-0.4, -0.2) is 55.8 Å². The number of hydrogen-bond donors (Lipinski definition) is 0. The minimum absolute atomic E-state index is 0.0352. The average molecular weight is 424 g/mol. The SMILES string of the molecule is COc1ccc(C2=CC(=O)N3C=C(C4=CCC(N(C)C)CC4)C=CC3P2)cc1OC. The molecular weight excluding hydrogens is 395 g/mol. The molecule has 2 heterocycles. The largest absolute Gasteiger partial charge is 0.493 e. The molecule has 3 aliphatic rings. The van der Waals surface area contributed by atoms with Crippen LogP contribution in [0.25, 0.3) is 5.31 Å². The maximum atomic E-state index is 13.0. The van der Waals surface area contributed by atoms with E-state index in [1.807, 2.05) is 29.3 Å². The van der Waals surface area contributed by atoms with Crippen LogP contribution in [0.4, 0.5) is 0 Å². The highest BCUT2D eigenvalue weighted by Crippen LogP contribution is 2.46. The van der Waals surface area contributed by atoms with Crippen LogP contribution in [0, 0.1) is 0 Å². The standard InChI is InChI=1S/C24H29N2O3P/c1-25(2)19-9-5-16(6-10-19)18-8-12-24-26(15-18)23(27)14-22(30-24)17-7-11-20(28-3)21(13-17)29-4/h5,7-8,11-15,19,24,30H,6,9-10H2,1-4H3. The Bertz CT molecular complexity index is 961. The van der Waals surface area contributed by atoms with Crippen LogP contribution in [0.3, 0.4) is 0 Å². The minimum atomic E-state index is 0.0352. The molecule has 0 aromatic heterocycles. The number of allylic oxidation sites excluding steroid dienone is 3. The summed E-state index contributed by atoms with van der Waals surface area (Å²) in [6, 6.07) is 6.44. The summed E-state index contributed by atoms with van der Waals surface area (Å²) >= 11 is 0. The van der Waals surface area contributed by atoms with Crippen molar-refractivity contribution in [3.63, 3.8) is 0 Å². The summed E-state index contributed by atoms with van der Waals surface area (Å²) in [5, 5.41) is 1.05. The van der Waals surface area contributed by atoms with E-state index in [1.54, 1.807) is 20.3 Å². The molecule has 0 N–H and O–H groups in total. The molecule has 0 spiro atoms. The third-order valence-electron chi connectivity index (χ3n) is 6.04. The topological polar surface area (TPSA) is 42.0 Å². The van der Waals surface area contributed by atoms with Gasteiger partial charge >= 0.3 is 0 Å². The van der Waals surface area contributed by atoms with Gasteiger partial charge in [-0.15, -0.1) is 0 Å². The number of ether oxygens (including phenoxy) is 2. The minimum Gasteiger partial charge on any atom is -0.493 e. The van der Waals surface area contributed by atoms with Crippen molar-refractivity contribution in [1.82, 2.24) is 9.80 Å². The lowest BCUT2D eigenvalue weighted by atomic mass is 9.89. The molecule has 6 heteroatoms. The number of carbonyl (C=O) groups excluding carboxylic acids is 1. The quantitative estimate of drug-likeness (QED) is 0.658. The van der Waals surface area contributed by atoms with Crippen molar-refractivity contribution in [1.29, 1.82) is 0 Å². The Hall–Kier alpha value is -2.36. The summed E-state index contributed by atoms with van der Waals surface area (Å²) in [6.07, 6.45) is 13.8. The van der Waals surface area contributed by atoms with E-state index >= 15 is 0 Å². The predicted molar refractivity (Wildman–Crippen MR) is 123 cm³/mol. The molecule has 4 rings (SSSR count). The Labute approximate surface area is 180 Å². The van der Waals surface area contributed by atoms with Gasteiger partial charge in [0.25, 0.3) is 5.91 Å². The first-order chi connectivity index (χ1) is 14.5. The Morgan fingerprint density at radius 2 is 1.97 bits per heavy atom. The van der Waals surface area contributed by atoms with Crippen molar-refractivity contribution in [3.05, 3.63) is 65.4 Å². The van der Waals surface area contributed by atoms with Crippen LogP contribution in [0.5, 0.6) is 11.5 Å². The number of nitrogens with zero attached hydrogens (tertiary/aromatic N) is 2. The molecule has 30 heavy (non-hydrogen) atoms. The Morgan fingerprint density at radius 3 is 2.63 bits per heavy atom. The fourth-order valence-corrected chi connectivity index (χ4v) is 5.57. The van der Waals surface area contributed by atoms with E-state index in [0.29, 0.717) is 26.1 Å². The first kappa shape index (κ1) is 20.9. The molecule has 1 amide bonds. The second-order valence-electron chi connectivity index (χ2n) is 8.03. The molecule has 5 nitrogen and oxygen atoms in total. The summed E-state index contributed by atoms with van der Waals surface area (Å²) in [6.45, 7) is 0. The maximum Gasteiger partial charge on any atom is 0.252 e. The number of carbonyl (C=O) groups is 1. The van der Waals surface area contributed by atoms with Crippen molar-refractivity contribution in [2.24, 2.45) is 0 Å². The monoisotopic (exact) mass is 424 g/mol. The van der Waals surface area contributed by atoms with Crippen LogP contribution in [-0.2, 0) is 4.79 Å². The molecule has 0 fully saturated rings. The molecule has 1 aliphatic carbocycles. The molecule has 0 bridgehead atoms. The van der Waals surface area contributed by atoms with Gasteiger partial charge < -0.3 is 19.3 Å². The van der Waals surface area contributed by atoms with Crippen molar-refractivity contribution in [3.8, 4) is 11.5 Å². The molecule has 3 unspecified atom stereocenters. The van der Waals surface area contributed by atoms with E-state index in [4.69, 9.17) is 9.47 Å². The zero-order valence-electron chi connectivity index (χ0n) is 18.0. The van der Waals surface area contributed by atoms with Gasteiger partial charge in [0, 0.05) is 18.3 Å². The van der Waals surface area contributed by atoms with E-state index in [0.717, 1.165) is 30.1 Å². The van der Waals surface area contributed by atoms with Crippen LogP contribution < -0.4 is 9.47 Å². The molecule has 3 atom stereocenters. The Kier molecular flexibility index (Phi) is 6.12. The van der Waals surface area contributed by atoms with Gasteiger partial charge in [-0.05, 0) is 67.5 Å². The van der Waals surface area contributed by atoms with Crippen molar-refractivity contribution in [2.45, 2.75) is 31.1 Å². The first-order valence-corrected chi connectivity index (χ1v) is 11.4. The third-order valence-corrected chi connectivity index (χ3v) is 7.55. The normalized spacial score (nSPS) is 24.4. The van der Waals surface area contributed by atoms with Gasteiger partial charge in [0.05, 0.1) is 20.0 Å². The van der Waals surface area contributed by atoms with Crippen molar-refractivity contribution >= 4 is 19.8 Å². The van der Waals surface area contributed by atoms with Gasteiger partial charge in [0.15, 0.2) is 11.5 Å². The van der Waals surface area contributed by atoms with Gasteiger partial charge in [0.2, 0.25) is 0 Å². The zero-order valence-corrected chi connectivity index (χ0v) is 19.0. The van der Waals surface area contributed by atoms with E-state index in [9.17, 15) is 4.79 Å². The van der Waals surface area contributed by atoms with Crippen LogP contribution in [0.15, 0.2) is 59.8 Å². The third kappa shape index (κ3) is 4.10. The molecule has 2 aliphatic heterocycles. The fraction of sp³-hybridized carbons (Fsp3) is 0.375. The molecular formula is C24H29N2O3P. The number of methoxy groups -OCH3 is 2. The highest BCUT2D eigenvalue weighted by molar-refractivity contribution is 7.51. The Morgan fingerprint density at radius 1 is 1.17 bits per heavy atom. The lowest BCUT2D eigenvalue weighted by molar-refractivity contribution is -0.123. The predicted octanol–water partition coefficient (Wildman–Crippen LogP) is 4.39. The molecule has 1 aromatic rings. The molecule has 0 saturated carbocycles. The van der Waals surface area contributed by atoms with Gasteiger partial charge in [-0.1, -0.05) is 32.9 Å². The van der Waals surface area contributed by atoms with Gasteiger partial charge in [-0.3, -0.25) is 4.79 Å². The van der Waals surface area contributed by atoms with E-state index in [1.165, 1.54) is 11.1 Å². The smallest absolute Gasteiger partial charge is 0.252 e. The van der Waals surface area contributed by atoms with Gasteiger partial charge in [-0.2, -0.15) is 0 Å². The van der Waals surface area contributed by atoms with E-state index in [-0.39, 0.29) is 11.7 Å². The number of hydrogen-bond acceptors (Lipinski definition) is 4. The number of fused-ring (bicyclic) bond motifs is 1. The summed E-state index contributed by atoms with van der Waals surface area (Å²) in [5.41, 5.74) is 3.53. The molecule has 1 aromatic carbocycles. The van der Waals surface area contributed by atoms with Crippen LogP contribution in [0.1, 0.15) is 24.8 Å². The highest BCUT2D eigenvalue weighted by Gasteiger charge is 2.29. The first-order valence-electron chi connectivity index (χ1n) is 10.3. The summed E-state index contributed by atoms with van der Waals surface area (Å²) in [4.78, 5) is 17.1. The zero-order chi connectivity index (χ0) is 21.3. The number of amides is 1. The van der Waals surface area contributed by atoms with Gasteiger partial charge in [-0.25, -0.2) is 0 Å². The van der Waals surface area contributed by atoms with Crippen molar-refractivity contribution < 1.29 is 14.3 Å².